The predicted molar refractivity (Wildman–Crippen MR) is 52.4 cm³/mol. The monoisotopic (exact) mass is 225 g/mol. The van der Waals surface area contributed by atoms with Gasteiger partial charge >= 0.3 is 0 Å². The Labute approximate surface area is 78.3 Å². The normalized spacial score (nSPS) is 10.8. The van der Waals surface area contributed by atoms with Crippen molar-refractivity contribution in [1.82, 2.24) is 4.98 Å². The van der Waals surface area contributed by atoms with Crippen LogP contribution in [0.2, 0.25) is 0 Å². The fourth-order valence-corrected chi connectivity index (χ4v) is 1.86. The topological polar surface area (TPSA) is 36.0 Å². The molecule has 0 aliphatic rings. The summed E-state index contributed by atoms with van der Waals surface area (Å²) in [6, 6.07) is 3.69. The molecule has 0 amide bonds. The van der Waals surface area contributed by atoms with Crippen molar-refractivity contribution in [2.45, 2.75) is 6.92 Å². The third-order valence-electron chi connectivity index (χ3n) is 2.03. The molecule has 0 saturated carbocycles. The lowest BCUT2D eigenvalue weighted by molar-refractivity contribution is 0.472. The molecule has 62 valence electrons. The summed E-state index contributed by atoms with van der Waals surface area (Å²) in [6.45, 7) is 1.89. The van der Waals surface area contributed by atoms with E-state index in [4.69, 9.17) is 0 Å². The van der Waals surface area contributed by atoms with Crippen molar-refractivity contribution in [3.8, 4) is 5.75 Å². The largest absolute Gasteiger partial charge is 0.508 e. The molecule has 2 aromatic rings. The molecule has 0 bridgehead atoms. The minimum Gasteiger partial charge on any atom is -0.508 e. The van der Waals surface area contributed by atoms with Crippen LogP contribution in [0.3, 0.4) is 0 Å². The van der Waals surface area contributed by atoms with E-state index in [0.29, 0.717) is 5.75 Å². The van der Waals surface area contributed by atoms with Gasteiger partial charge in [-0.2, -0.15) is 0 Å². The van der Waals surface area contributed by atoms with Crippen LogP contribution in [0.4, 0.5) is 0 Å². The molecule has 0 fully saturated rings. The SMILES string of the molecule is Cc1c(O)cc(Br)c2cc[nH]c12. The standard InChI is InChI=1S/C9H8BrNO/c1-5-8(12)4-7(10)6-2-3-11-9(5)6/h2-4,11-12H,1H3. The molecule has 0 saturated heterocycles. The fourth-order valence-electron chi connectivity index (χ4n) is 1.31. The third-order valence-corrected chi connectivity index (χ3v) is 2.68. The second kappa shape index (κ2) is 2.52. The third kappa shape index (κ3) is 0.932. The summed E-state index contributed by atoms with van der Waals surface area (Å²) in [7, 11) is 0. The number of rotatable bonds is 0. The molecule has 1 aromatic carbocycles. The maximum Gasteiger partial charge on any atom is 0.121 e. The van der Waals surface area contributed by atoms with E-state index < -0.39 is 0 Å². The van der Waals surface area contributed by atoms with Crippen LogP contribution in [0.5, 0.6) is 5.75 Å². The Kier molecular flexibility index (Phi) is 1.61. The Morgan fingerprint density at radius 3 is 3.00 bits per heavy atom. The first-order chi connectivity index (χ1) is 5.70. The molecular formula is C9H8BrNO. The highest BCUT2D eigenvalue weighted by atomic mass is 79.9. The van der Waals surface area contributed by atoms with Gasteiger partial charge in [-0.15, -0.1) is 0 Å². The van der Waals surface area contributed by atoms with Gasteiger partial charge < -0.3 is 10.1 Å². The van der Waals surface area contributed by atoms with Crippen LogP contribution in [-0.4, -0.2) is 10.1 Å². The summed E-state index contributed by atoms with van der Waals surface area (Å²) >= 11 is 3.38. The van der Waals surface area contributed by atoms with E-state index in [1.165, 1.54) is 0 Å². The zero-order chi connectivity index (χ0) is 8.72. The van der Waals surface area contributed by atoms with Gasteiger partial charge in [0.05, 0.1) is 5.52 Å². The second-order valence-corrected chi connectivity index (χ2v) is 3.62. The number of H-pyrrole nitrogens is 1. The number of hydrogen-bond acceptors (Lipinski definition) is 1. The van der Waals surface area contributed by atoms with Crippen LogP contribution in [0.15, 0.2) is 22.8 Å². The molecule has 2 N–H and O–H groups in total. The number of aromatic amines is 1. The van der Waals surface area contributed by atoms with Gasteiger partial charge in [0.1, 0.15) is 5.75 Å². The lowest BCUT2D eigenvalue weighted by Crippen LogP contribution is -1.78. The van der Waals surface area contributed by atoms with Crippen molar-refractivity contribution in [2.75, 3.05) is 0 Å². The molecule has 3 heteroatoms. The summed E-state index contributed by atoms with van der Waals surface area (Å²) in [4.78, 5) is 3.08. The first-order valence-electron chi connectivity index (χ1n) is 3.65. The van der Waals surface area contributed by atoms with Gasteiger partial charge in [-0.3, -0.25) is 0 Å². The summed E-state index contributed by atoms with van der Waals surface area (Å²) in [5, 5.41) is 10.6. The van der Waals surface area contributed by atoms with Gasteiger partial charge in [0.2, 0.25) is 0 Å². The number of phenols is 1. The van der Waals surface area contributed by atoms with Crippen molar-refractivity contribution in [3.63, 3.8) is 0 Å². The van der Waals surface area contributed by atoms with Gasteiger partial charge in [0, 0.05) is 21.6 Å². The van der Waals surface area contributed by atoms with E-state index in [-0.39, 0.29) is 0 Å². The number of hydrogen-bond donors (Lipinski definition) is 2. The first kappa shape index (κ1) is 7.68. The Morgan fingerprint density at radius 1 is 1.50 bits per heavy atom. The molecule has 0 unspecified atom stereocenters. The first-order valence-corrected chi connectivity index (χ1v) is 4.44. The Hall–Kier alpha value is -0.960. The molecule has 1 aromatic heterocycles. The zero-order valence-electron chi connectivity index (χ0n) is 6.56. The number of fused-ring (bicyclic) bond motifs is 1. The second-order valence-electron chi connectivity index (χ2n) is 2.77. The van der Waals surface area contributed by atoms with Gasteiger partial charge in [-0.1, -0.05) is 0 Å². The predicted octanol–water partition coefficient (Wildman–Crippen LogP) is 2.94. The smallest absolute Gasteiger partial charge is 0.121 e. The van der Waals surface area contributed by atoms with Crippen LogP contribution in [-0.2, 0) is 0 Å². The highest BCUT2D eigenvalue weighted by Crippen LogP contribution is 2.31. The van der Waals surface area contributed by atoms with Crippen molar-refractivity contribution >= 4 is 26.8 Å². The van der Waals surface area contributed by atoms with Crippen molar-refractivity contribution in [3.05, 3.63) is 28.4 Å². The molecule has 12 heavy (non-hydrogen) atoms. The number of halogens is 1. The molecular weight excluding hydrogens is 218 g/mol. The minimum atomic E-state index is 0.317. The Balaban J connectivity index is 2.97. The lowest BCUT2D eigenvalue weighted by atomic mass is 10.1. The van der Waals surface area contributed by atoms with E-state index in [0.717, 1.165) is 20.9 Å². The van der Waals surface area contributed by atoms with Crippen LogP contribution in [0.1, 0.15) is 5.56 Å². The maximum absolute atomic E-state index is 9.47. The molecule has 0 aliphatic heterocycles. The number of nitrogens with one attached hydrogen (secondary N) is 1. The zero-order valence-corrected chi connectivity index (χ0v) is 8.14. The molecule has 0 radical (unpaired) electrons. The summed E-state index contributed by atoms with van der Waals surface area (Å²) in [5.74, 6) is 0.317. The summed E-state index contributed by atoms with van der Waals surface area (Å²) in [6.07, 6.45) is 1.86. The maximum atomic E-state index is 9.47. The van der Waals surface area contributed by atoms with E-state index in [1.807, 2.05) is 19.2 Å². The van der Waals surface area contributed by atoms with E-state index in [9.17, 15) is 5.11 Å². The molecule has 1 heterocycles. The Bertz CT molecular complexity index is 433. The van der Waals surface area contributed by atoms with Crippen LogP contribution >= 0.6 is 15.9 Å². The van der Waals surface area contributed by atoms with Crippen LogP contribution in [0, 0.1) is 6.92 Å². The molecule has 2 rings (SSSR count). The molecule has 2 nitrogen and oxygen atoms in total. The molecule has 0 aliphatic carbocycles. The van der Waals surface area contributed by atoms with Crippen molar-refractivity contribution in [1.29, 1.82) is 0 Å². The quantitative estimate of drug-likeness (QED) is 0.711. The van der Waals surface area contributed by atoms with Gasteiger partial charge in [0.25, 0.3) is 0 Å². The number of phenolic OH excluding ortho intramolecular Hbond substituents is 1. The van der Waals surface area contributed by atoms with E-state index >= 15 is 0 Å². The van der Waals surface area contributed by atoms with Crippen LogP contribution in [0.25, 0.3) is 10.9 Å². The molecule has 0 atom stereocenters. The summed E-state index contributed by atoms with van der Waals surface area (Å²) < 4.78 is 0.918. The van der Waals surface area contributed by atoms with Gasteiger partial charge in [0.15, 0.2) is 0 Å². The lowest BCUT2D eigenvalue weighted by Gasteiger charge is -2.01. The van der Waals surface area contributed by atoms with Gasteiger partial charge in [-0.25, -0.2) is 0 Å². The van der Waals surface area contributed by atoms with Crippen molar-refractivity contribution < 1.29 is 5.11 Å². The number of benzene rings is 1. The average molecular weight is 226 g/mol. The Morgan fingerprint density at radius 2 is 2.25 bits per heavy atom. The van der Waals surface area contributed by atoms with E-state index in [2.05, 4.69) is 20.9 Å². The van der Waals surface area contributed by atoms with E-state index in [1.54, 1.807) is 6.07 Å². The minimum absolute atomic E-state index is 0.317. The number of aromatic nitrogens is 1. The van der Waals surface area contributed by atoms with Crippen LogP contribution < -0.4 is 0 Å². The van der Waals surface area contributed by atoms with Crippen molar-refractivity contribution in [2.24, 2.45) is 0 Å². The number of aryl methyl sites for hydroxylation is 1. The molecule has 0 spiro atoms. The fraction of sp³-hybridized carbons (Fsp3) is 0.111. The average Bonchev–Trinajstić information content (AvgIpc) is 2.48. The summed E-state index contributed by atoms with van der Waals surface area (Å²) in [5.41, 5.74) is 1.88. The highest BCUT2D eigenvalue weighted by molar-refractivity contribution is 9.10. The highest BCUT2D eigenvalue weighted by Gasteiger charge is 2.06. The number of aromatic hydroxyl groups is 1. The van der Waals surface area contributed by atoms with Gasteiger partial charge in [-0.05, 0) is 35.0 Å².